The summed E-state index contributed by atoms with van der Waals surface area (Å²) in [5.74, 6) is 3.29. The first-order chi connectivity index (χ1) is 19.1. The molecule has 2 fully saturated rings. The van der Waals surface area contributed by atoms with Crippen molar-refractivity contribution < 1.29 is 19.3 Å². The maximum absolute atomic E-state index is 10.2. The van der Waals surface area contributed by atoms with Crippen LogP contribution in [0.15, 0.2) is 0 Å². The van der Waals surface area contributed by atoms with Crippen LogP contribution in [0.4, 0.5) is 0 Å². The smallest absolute Gasteiger partial charge is 0.125 e. The van der Waals surface area contributed by atoms with Crippen LogP contribution in [0.1, 0.15) is 81.3 Å². The van der Waals surface area contributed by atoms with E-state index >= 15 is 0 Å². The van der Waals surface area contributed by atoms with Crippen LogP contribution in [0.5, 0.6) is 11.5 Å². The molecule has 0 bridgehead atoms. The molecule has 2 aromatic rings. The summed E-state index contributed by atoms with van der Waals surface area (Å²) >= 11 is 0. The van der Waals surface area contributed by atoms with Crippen molar-refractivity contribution in [2.45, 2.75) is 94.9 Å². The molecule has 5 nitrogen and oxygen atoms in total. The molecule has 0 saturated carbocycles. The molecule has 4 rings (SSSR count). The summed E-state index contributed by atoms with van der Waals surface area (Å²) in [6.07, 6.45) is 4.82. The highest BCUT2D eigenvalue weighted by Crippen LogP contribution is 2.34. The number of piperidine rings is 2. The molecule has 2 aliphatic rings. The van der Waals surface area contributed by atoms with E-state index in [-0.39, 0.29) is 4.65 Å². The van der Waals surface area contributed by atoms with Crippen LogP contribution in [0.3, 0.4) is 0 Å². The molecule has 3 unspecified atom stereocenters. The highest BCUT2D eigenvalue weighted by Gasteiger charge is 2.31. The van der Waals surface area contributed by atoms with Gasteiger partial charge in [0, 0.05) is 24.8 Å². The Labute approximate surface area is 251 Å². The number of ether oxygens (including phenoxy) is 2. The van der Waals surface area contributed by atoms with Gasteiger partial charge in [0.15, 0.2) is 0 Å². The van der Waals surface area contributed by atoms with E-state index in [1.165, 1.54) is 81.6 Å². The molecule has 2 aromatic carbocycles. The second-order valence-electron chi connectivity index (χ2n) is 13.6. The zero-order valence-corrected chi connectivity index (χ0v) is 28.4. The number of hydroxylamine groups is 3. The van der Waals surface area contributed by atoms with Crippen LogP contribution in [0.2, 0.25) is 0 Å². The summed E-state index contributed by atoms with van der Waals surface area (Å²) in [6.45, 7) is 27.5. The van der Waals surface area contributed by atoms with Gasteiger partial charge in [0.2, 0.25) is 0 Å². The number of nitrogens with zero attached hydrogens (tertiary/aromatic N) is 2. The molecule has 5 heteroatoms. The van der Waals surface area contributed by atoms with Gasteiger partial charge in [-0.3, -0.25) is 0 Å². The summed E-state index contributed by atoms with van der Waals surface area (Å²) in [7, 11) is 4.10. The van der Waals surface area contributed by atoms with Gasteiger partial charge < -0.3 is 14.4 Å². The summed E-state index contributed by atoms with van der Waals surface area (Å²) in [4.78, 5) is 2.42. The quantitative estimate of drug-likeness (QED) is 0.362. The average molecular weight is 568 g/mol. The van der Waals surface area contributed by atoms with Crippen LogP contribution in [0.25, 0.3) is 0 Å². The molecule has 2 saturated heterocycles. The minimum Gasteiger partial charge on any atom is -0.493 e. The van der Waals surface area contributed by atoms with E-state index in [4.69, 9.17) is 9.47 Å². The molecule has 0 radical (unpaired) electrons. The van der Waals surface area contributed by atoms with E-state index in [9.17, 15) is 5.21 Å². The molecular weight excluding hydrogens is 508 g/mol. The maximum Gasteiger partial charge on any atom is 0.125 e. The van der Waals surface area contributed by atoms with Gasteiger partial charge >= 0.3 is 0 Å². The lowest BCUT2D eigenvalue weighted by Crippen LogP contribution is -2.49. The Morgan fingerprint density at radius 3 is 1.44 bits per heavy atom. The Hall–Kier alpha value is -2.08. The third-order valence-electron chi connectivity index (χ3n) is 10.4. The Kier molecular flexibility index (Phi) is 11.4. The predicted molar refractivity (Wildman–Crippen MR) is 172 cm³/mol. The van der Waals surface area contributed by atoms with E-state index in [0.717, 1.165) is 44.0 Å². The zero-order valence-electron chi connectivity index (χ0n) is 28.4. The van der Waals surface area contributed by atoms with Crippen molar-refractivity contribution in [3.8, 4) is 11.5 Å². The third-order valence-corrected chi connectivity index (χ3v) is 10.4. The van der Waals surface area contributed by atoms with Gasteiger partial charge in [0.05, 0.1) is 20.3 Å². The van der Waals surface area contributed by atoms with E-state index in [0.29, 0.717) is 18.4 Å². The maximum atomic E-state index is 10.2. The van der Waals surface area contributed by atoms with Crippen molar-refractivity contribution in [1.82, 2.24) is 4.90 Å². The van der Waals surface area contributed by atoms with Crippen molar-refractivity contribution in [1.29, 1.82) is 0 Å². The van der Waals surface area contributed by atoms with Crippen molar-refractivity contribution >= 4 is 0 Å². The van der Waals surface area contributed by atoms with Crippen LogP contribution in [-0.2, 0) is 0 Å². The number of hydrogen-bond donors (Lipinski definition) is 1. The largest absolute Gasteiger partial charge is 0.493 e. The highest BCUT2D eigenvalue weighted by molar-refractivity contribution is 5.54. The van der Waals surface area contributed by atoms with Crippen LogP contribution in [0, 0.1) is 81.1 Å². The van der Waals surface area contributed by atoms with E-state index in [1.807, 2.05) is 7.05 Å². The standard InChI is InChI=1S/C18H30NO2.C18H29NO/c1-12-13(2)15(4)18(16(5)14(12)3)21-11-17-8-7-9-19(6,20)10-17;1-12-13(2)15(4)18(16(5)14(12)3)20-11-17-8-7-9-19(6)10-17/h17,20H,7-11H2,1-6H3;17H,7-11H2,1-6H3/q+1;. The molecule has 3 atom stereocenters. The second kappa shape index (κ2) is 13.9. The van der Waals surface area contributed by atoms with E-state index < -0.39 is 0 Å². The molecule has 0 aliphatic carbocycles. The number of quaternary nitrogens is 1. The fourth-order valence-electron chi connectivity index (χ4n) is 6.77. The predicted octanol–water partition coefficient (Wildman–Crippen LogP) is 7.80. The van der Waals surface area contributed by atoms with Crippen molar-refractivity contribution in [3.63, 3.8) is 0 Å². The molecule has 0 aromatic heterocycles. The first-order valence-corrected chi connectivity index (χ1v) is 15.8. The molecule has 230 valence electrons. The fourth-order valence-corrected chi connectivity index (χ4v) is 6.77. The number of benzene rings is 2. The van der Waals surface area contributed by atoms with Gasteiger partial charge in [0.1, 0.15) is 24.6 Å². The number of hydrogen-bond acceptors (Lipinski definition) is 4. The van der Waals surface area contributed by atoms with Gasteiger partial charge in [0.25, 0.3) is 0 Å². The number of rotatable bonds is 6. The first-order valence-electron chi connectivity index (χ1n) is 15.8. The Balaban J connectivity index is 0.000000226. The lowest BCUT2D eigenvalue weighted by atomic mass is 9.94. The summed E-state index contributed by atoms with van der Waals surface area (Å²) in [5, 5.41) is 10.2. The Morgan fingerprint density at radius 2 is 1.02 bits per heavy atom. The van der Waals surface area contributed by atoms with Crippen molar-refractivity contribution in [3.05, 3.63) is 55.6 Å². The topological polar surface area (TPSA) is 41.9 Å². The van der Waals surface area contributed by atoms with Gasteiger partial charge in [-0.2, -0.15) is 4.65 Å². The first kappa shape index (κ1) is 33.4. The monoisotopic (exact) mass is 567 g/mol. The normalized spacial score (nSPS) is 23.1. The van der Waals surface area contributed by atoms with Gasteiger partial charge in [-0.1, -0.05) is 0 Å². The second-order valence-corrected chi connectivity index (χ2v) is 13.6. The Morgan fingerprint density at radius 1 is 0.634 bits per heavy atom. The van der Waals surface area contributed by atoms with E-state index in [1.54, 1.807) is 0 Å². The highest BCUT2D eigenvalue weighted by atomic mass is 16.5. The molecule has 1 N–H and O–H groups in total. The van der Waals surface area contributed by atoms with Gasteiger partial charge in [-0.25, -0.2) is 5.21 Å². The van der Waals surface area contributed by atoms with Crippen LogP contribution < -0.4 is 9.47 Å². The summed E-state index contributed by atoms with van der Waals surface area (Å²) < 4.78 is 12.6. The van der Waals surface area contributed by atoms with Crippen molar-refractivity contribution in [2.24, 2.45) is 11.8 Å². The van der Waals surface area contributed by atoms with Crippen LogP contribution >= 0.6 is 0 Å². The lowest BCUT2D eigenvalue weighted by molar-refractivity contribution is -1.09. The summed E-state index contributed by atoms with van der Waals surface area (Å²) in [6, 6.07) is 0. The van der Waals surface area contributed by atoms with Gasteiger partial charge in [-0.15, -0.1) is 0 Å². The minimum atomic E-state index is 0.137. The fraction of sp³-hybridized carbons (Fsp3) is 0.667. The molecule has 0 spiro atoms. The third kappa shape index (κ3) is 8.06. The molecule has 2 aliphatic heterocycles. The Bertz CT molecular complexity index is 1160. The lowest BCUT2D eigenvalue weighted by Gasteiger charge is -2.34. The molecular formula is C36H59N2O3+. The minimum absolute atomic E-state index is 0.137. The van der Waals surface area contributed by atoms with E-state index in [2.05, 4.69) is 81.2 Å². The SMILES string of the molecule is Cc1c(C)c(C)c(OCC2CCCN(C)C2)c(C)c1C.Cc1c(C)c(C)c(OCC2CCC[N+](C)(O)C2)c(C)c1C. The number of likely N-dealkylation sites (tertiary alicyclic amines) is 2. The van der Waals surface area contributed by atoms with Gasteiger partial charge in [-0.05, 0) is 158 Å². The average Bonchev–Trinajstić information content (AvgIpc) is 2.93. The zero-order chi connectivity index (χ0) is 30.6. The molecule has 2 heterocycles. The summed E-state index contributed by atoms with van der Waals surface area (Å²) in [5.41, 5.74) is 13.3. The van der Waals surface area contributed by atoms with Crippen LogP contribution in [-0.4, -0.2) is 68.2 Å². The van der Waals surface area contributed by atoms with Crippen molar-refractivity contribution in [2.75, 3.05) is 53.5 Å². The molecule has 41 heavy (non-hydrogen) atoms. The molecule has 0 amide bonds.